The molecule has 2 N–H and O–H groups in total. The summed E-state index contributed by atoms with van der Waals surface area (Å²) >= 11 is 0. The van der Waals surface area contributed by atoms with Gasteiger partial charge in [-0.1, -0.05) is 12.1 Å². The van der Waals surface area contributed by atoms with Crippen molar-refractivity contribution in [3.05, 3.63) is 70.1 Å². The Morgan fingerprint density at radius 1 is 1.12 bits per heavy atom. The SMILES string of the molecule is COc1ccc(N=Nc2c(C)[nH]n(C(=O)c3ccccc3O)c2=O)cc1. The number of aromatic nitrogens is 2. The third kappa shape index (κ3) is 3.25. The summed E-state index contributed by atoms with van der Waals surface area (Å²) in [5, 5.41) is 20.4. The number of phenols is 1. The molecule has 1 heterocycles. The summed E-state index contributed by atoms with van der Waals surface area (Å²) in [5.41, 5.74) is 0.299. The van der Waals surface area contributed by atoms with Gasteiger partial charge in [0.15, 0.2) is 5.69 Å². The molecule has 0 aliphatic carbocycles. The summed E-state index contributed by atoms with van der Waals surface area (Å²) in [7, 11) is 1.56. The highest BCUT2D eigenvalue weighted by Gasteiger charge is 2.19. The van der Waals surface area contributed by atoms with Crippen molar-refractivity contribution >= 4 is 17.3 Å². The smallest absolute Gasteiger partial charge is 0.302 e. The average molecular weight is 352 g/mol. The summed E-state index contributed by atoms with van der Waals surface area (Å²) in [6.45, 7) is 1.61. The second-order valence-electron chi connectivity index (χ2n) is 5.45. The largest absolute Gasteiger partial charge is 0.507 e. The minimum atomic E-state index is -0.679. The van der Waals surface area contributed by atoms with Crippen molar-refractivity contribution in [1.29, 1.82) is 0 Å². The Kier molecular flexibility index (Phi) is 4.66. The van der Waals surface area contributed by atoms with Gasteiger partial charge in [-0.3, -0.25) is 14.7 Å². The molecular weight excluding hydrogens is 336 g/mol. The fourth-order valence-electron chi connectivity index (χ4n) is 2.33. The number of benzene rings is 2. The van der Waals surface area contributed by atoms with Crippen LogP contribution in [0.3, 0.4) is 0 Å². The highest BCUT2D eigenvalue weighted by Crippen LogP contribution is 2.21. The first kappa shape index (κ1) is 17.2. The first-order valence-electron chi connectivity index (χ1n) is 7.71. The van der Waals surface area contributed by atoms with Gasteiger partial charge in [0.1, 0.15) is 11.5 Å². The van der Waals surface area contributed by atoms with E-state index in [0.29, 0.717) is 17.1 Å². The van der Waals surface area contributed by atoms with Crippen molar-refractivity contribution in [2.45, 2.75) is 6.92 Å². The Labute approximate surface area is 148 Å². The van der Waals surface area contributed by atoms with Crippen LogP contribution in [0.4, 0.5) is 11.4 Å². The van der Waals surface area contributed by atoms with Gasteiger partial charge in [0.05, 0.1) is 24.1 Å². The van der Waals surface area contributed by atoms with Crippen molar-refractivity contribution in [2.24, 2.45) is 10.2 Å². The maximum Gasteiger partial charge on any atom is 0.302 e. The number of aromatic hydroxyl groups is 1. The third-order valence-corrected chi connectivity index (χ3v) is 3.72. The number of H-pyrrole nitrogens is 1. The average Bonchev–Trinajstić information content (AvgIpc) is 2.94. The highest BCUT2D eigenvalue weighted by atomic mass is 16.5. The van der Waals surface area contributed by atoms with E-state index < -0.39 is 11.5 Å². The molecule has 0 radical (unpaired) electrons. The second kappa shape index (κ2) is 7.06. The first-order chi connectivity index (χ1) is 12.5. The lowest BCUT2D eigenvalue weighted by molar-refractivity contribution is 0.0938. The first-order valence-corrected chi connectivity index (χ1v) is 7.71. The van der Waals surface area contributed by atoms with Crippen LogP contribution in [0.25, 0.3) is 0 Å². The molecule has 0 amide bonds. The zero-order valence-corrected chi connectivity index (χ0v) is 14.1. The van der Waals surface area contributed by atoms with Crippen LogP contribution in [0.1, 0.15) is 16.1 Å². The van der Waals surface area contributed by atoms with Crippen LogP contribution in [0, 0.1) is 6.92 Å². The van der Waals surface area contributed by atoms with Crippen LogP contribution in [-0.2, 0) is 0 Å². The van der Waals surface area contributed by atoms with Crippen LogP contribution in [0.2, 0.25) is 0 Å². The normalized spacial score (nSPS) is 11.0. The van der Waals surface area contributed by atoms with Crippen LogP contribution < -0.4 is 10.3 Å². The maximum absolute atomic E-state index is 12.5. The van der Waals surface area contributed by atoms with E-state index in [2.05, 4.69) is 15.3 Å². The number of phenolic OH excluding ortho intramolecular Hbond substituents is 1. The number of nitrogens with zero attached hydrogens (tertiary/aromatic N) is 3. The van der Waals surface area contributed by atoms with E-state index in [-0.39, 0.29) is 17.0 Å². The standard InChI is InChI=1S/C18H16N4O4/c1-11-16(20-19-12-7-9-13(26-2)10-8-12)18(25)22(21-11)17(24)14-5-3-4-6-15(14)23/h3-10,21,23H,1-2H3. The van der Waals surface area contributed by atoms with Gasteiger partial charge >= 0.3 is 5.56 Å². The Morgan fingerprint density at radius 2 is 1.81 bits per heavy atom. The number of nitrogens with one attached hydrogen (secondary N) is 1. The number of methoxy groups -OCH3 is 1. The molecule has 3 rings (SSSR count). The lowest BCUT2D eigenvalue weighted by Gasteiger charge is -2.02. The summed E-state index contributed by atoms with van der Waals surface area (Å²) in [4.78, 5) is 25.0. The summed E-state index contributed by atoms with van der Waals surface area (Å²) in [5.74, 6) is -0.211. The Hall–Kier alpha value is -3.68. The molecule has 0 spiro atoms. The van der Waals surface area contributed by atoms with Crippen molar-refractivity contribution in [3.63, 3.8) is 0 Å². The molecule has 8 nitrogen and oxygen atoms in total. The fourth-order valence-corrected chi connectivity index (χ4v) is 2.33. The molecule has 0 unspecified atom stereocenters. The number of azo groups is 1. The lowest BCUT2D eigenvalue weighted by atomic mass is 10.2. The number of aryl methyl sites for hydroxylation is 1. The van der Waals surface area contributed by atoms with E-state index in [9.17, 15) is 14.7 Å². The van der Waals surface area contributed by atoms with Crippen LogP contribution in [0.5, 0.6) is 11.5 Å². The number of para-hydroxylation sites is 1. The fraction of sp³-hybridized carbons (Fsp3) is 0.111. The van der Waals surface area contributed by atoms with Crippen molar-refractivity contribution in [2.75, 3.05) is 7.11 Å². The van der Waals surface area contributed by atoms with E-state index in [1.165, 1.54) is 12.1 Å². The van der Waals surface area contributed by atoms with Crippen LogP contribution in [-0.4, -0.2) is 27.9 Å². The molecule has 132 valence electrons. The van der Waals surface area contributed by atoms with Gasteiger partial charge < -0.3 is 9.84 Å². The van der Waals surface area contributed by atoms with Crippen molar-refractivity contribution < 1.29 is 14.6 Å². The Balaban J connectivity index is 1.93. The second-order valence-corrected chi connectivity index (χ2v) is 5.45. The Morgan fingerprint density at radius 3 is 2.46 bits per heavy atom. The molecular formula is C18H16N4O4. The van der Waals surface area contributed by atoms with Gasteiger partial charge in [0.25, 0.3) is 5.91 Å². The molecule has 2 aromatic carbocycles. The number of hydrogen-bond acceptors (Lipinski definition) is 6. The summed E-state index contributed by atoms with van der Waals surface area (Å²) in [6.07, 6.45) is 0. The predicted molar refractivity (Wildman–Crippen MR) is 94.8 cm³/mol. The van der Waals surface area contributed by atoms with E-state index in [4.69, 9.17) is 4.74 Å². The van der Waals surface area contributed by atoms with Crippen LogP contribution >= 0.6 is 0 Å². The number of aromatic amines is 1. The van der Waals surface area contributed by atoms with Gasteiger partial charge in [-0.05, 0) is 43.3 Å². The van der Waals surface area contributed by atoms with Gasteiger partial charge in [0, 0.05) is 0 Å². The maximum atomic E-state index is 12.5. The molecule has 26 heavy (non-hydrogen) atoms. The topological polar surface area (TPSA) is 109 Å². The molecule has 0 aliphatic rings. The molecule has 0 fully saturated rings. The third-order valence-electron chi connectivity index (χ3n) is 3.72. The molecule has 0 saturated carbocycles. The van der Waals surface area contributed by atoms with E-state index in [0.717, 1.165) is 4.68 Å². The number of hydrogen-bond donors (Lipinski definition) is 2. The zero-order chi connectivity index (χ0) is 18.7. The lowest BCUT2D eigenvalue weighted by Crippen LogP contribution is -2.25. The van der Waals surface area contributed by atoms with E-state index in [1.54, 1.807) is 50.4 Å². The number of carbonyl (C=O) groups excluding carboxylic acids is 1. The molecule has 0 aliphatic heterocycles. The quantitative estimate of drug-likeness (QED) is 0.702. The number of carbonyl (C=O) groups is 1. The van der Waals surface area contributed by atoms with Gasteiger partial charge in [-0.2, -0.15) is 9.80 Å². The minimum absolute atomic E-state index is 0.00879. The predicted octanol–water partition coefficient (Wildman–Crippen LogP) is 3.30. The molecule has 8 heteroatoms. The molecule has 3 aromatic rings. The molecule has 0 atom stereocenters. The van der Waals surface area contributed by atoms with E-state index in [1.807, 2.05) is 0 Å². The number of rotatable bonds is 4. The van der Waals surface area contributed by atoms with E-state index >= 15 is 0 Å². The van der Waals surface area contributed by atoms with Gasteiger partial charge in [-0.15, -0.1) is 5.11 Å². The van der Waals surface area contributed by atoms with Crippen molar-refractivity contribution in [3.8, 4) is 11.5 Å². The van der Waals surface area contributed by atoms with Gasteiger partial charge in [0.2, 0.25) is 0 Å². The minimum Gasteiger partial charge on any atom is -0.507 e. The van der Waals surface area contributed by atoms with Crippen LogP contribution in [0.15, 0.2) is 63.6 Å². The molecule has 0 bridgehead atoms. The summed E-state index contributed by atoms with van der Waals surface area (Å²) in [6, 6.07) is 12.8. The molecule has 1 aromatic heterocycles. The Bertz CT molecular complexity index is 1030. The summed E-state index contributed by atoms with van der Waals surface area (Å²) < 4.78 is 5.86. The van der Waals surface area contributed by atoms with Crippen molar-refractivity contribution in [1.82, 2.24) is 9.78 Å². The molecule has 0 saturated heterocycles. The zero-order valence-electron chi connectivity index (χ0n) is 14.1. The highest BCUT2D eigenvalue weighted by molar-refractivity contribution is 5.98. The monoisotopic (exact) mass is 352 g/mol. The number of ether oxygens (including phenoxy) is 1. The van der Waals surface area contributed by atoms with Gasteiger partial charge in [-0.25, -0.2) is 0 Å².